The Balaban J connectivity index is 0.000000308. The second kappa shape index (κ2) is 14.3. The highest BCUT2D eigenvalue weighted by Gasteiger charge is 2.36. The molecule has 4 heteroatoms. The van der Waals surface area contributed by atoms with Gasteiger partial charge in [0.1, 0.15) is 0 Å². The van der Waals surface area contributed by atoms with Crippen molar-refractivity contribution in [1.29, 1.82) is 0 Å². The van der Waals surface area contributed by atoms with Crippen LogP contribution in [-0.4, -0.2) is 94.1 Å². The van der Waals surface area contributed by atoms with Crippen LogP contribution in [0.1, 0.15) is 144 Å². The number of rotatable bonds is 0. The second-order valence-corrected chi connectivity index (χ2v) is 19.6. The van der Waals surface area contributed by atoms with Crippen LogP contribution in [0.4, 0.5) is 0 Å². The molecule has 1 unspecified atom stereocenters. The molecule has 3 rings (SSSR count). The van der Waals surface area contributed by atoms with Crippen LogP contribution in [0.5, 0.6) is 0 Å². The number of hydrogen-bond acceptors (Lipinski definition) is 4. The van der Waals surface area contributed by atoms with E-state index in [9.17, 15) is 0 Å². The fraction of sp³-hybridized carbons (Fsp3) is 1.00. The number of piperidine rings is 1. The molecule has 3 heterocycles. The van der Waals surface area contributed by atoms with Gasteiger partial charge in [0.2, 0.25) is 0 Å². The molecule has 3 aliphatic rings. The SMILES string of the molecule is CC(C)(C)C1CCN(C(C)(C)C)C1.CC(C)(C)C1CCN(C(C)(C)C)CC1.CC(C)(C)N1CCN(C(C)(C)C)CC1. The zero-order valence-corrected chi connectivity index (χ0v) is 31.7. The van der Waals surface area contributed by atoms with E-state index >= 15 is 0 Å². The van der Waals surface area contributed by atoms with E-state index in [0.717, 1.165) is 11.8 Å². The highest BCUT2D eigenvalue weighted by molar-refractivity contribution is 4.90. The first-order valence-corrected chi connectivity index (χ1v) is 17.1. The third-order valence-corrected chi connectivity index (χ3v) is 10.2. The molecule has 0 radical (unpaired) electrons. The summed E-state index contributed by atoms with van der Waals surface area (Å²) in [6.45, 7) is 52.0. The minimum Gasteiger partial charge on any atom is -0.298 e. The lowest BCUT2D eigenvalue weighted by Crippen LogP contribution is -2.57. The van der Waals surface area contributed by atoms with Gasteiger partial charge in [-0.3, -0.25) is 19.6 Å². The van der Waals surface area contributed by atoms with E-state index in [1.165, 1.54) is 71.6 Å². The van der Waals surface area contributed by atoms with Gasteiger partial charge in [0.05, 0.1) is 0 Å². The number of nitrogens with zero attached hydrogens (tertiary/aromatic N) is 4. The normalized spacial score (nSPS) is 24.0. The van der Waals surface area contributed by atoms with Gasteiger partial charge in [-0.25, -0.2) is 0 Å². The summed E-state index contributed by atoms with van der Waals surface area (Å²) in [4.78, 5) is 10.4. The van der Waals surface area contributed by atoms with Crippen LogP contribution < -0.4 is 0 Å². The van der Waals surface area contributed by atoms with Gasteiger partial charge in [-0.1, -0.05) is 41.5 Å². The Hall–Kier alpha value is -0.160. The van der Waals surface area contributed by atoms with Crippen LogP contribution in [0.3, 0.4) is 0 Å². The predicted octanol–water partition coefficient (Wildman–Crippen LogP) is 8.90. The molecule has 3 aliphatic heterocycles. The molecule has 0 aromatic heterocycles. The van der Waals surface area contributed by atoms with Crippen molar-refractivity contribution in [2.24, 2.45) is 22.7 Å². The molecule has 246 valence electrons. The third kappa shape index (κ3) is 13.6. The lowest BCUT2D eigenvalue weighted by Gasteiger charge is -2.46. The average Bonchev–Trinajstić information content (AvgIpc) is 3.30. The molecule has 0 N–H and O–H groups in total. The van der Waals surface area contributed by atoms with Gasteiger partial charge in [0, 0.05) is 54.9 Å². The lowest BCUT2D eigenvalue weighted by atomic mass is 9.75. The minimum absolute atomic E-state index is 0.337. The van der Waals surface area contributed by atoms with Crippen LogP contribution in [0.25, 0.3) is 0 Å². The molecule has 0 aliphatic carbocycles. The highest BCUT2D eigenvalue weighted by Crippen LogP contribution is 2.37. The molecular weight excluding hydrogens is 500 g/mol. The van der Waals surface area contributed by atoms with Gasteiger partial charge < -0.3 is 0 Å². The van der Waals surface area contributed by atoms with Gasteiger partial charge in [0.25, 0.3) is 0 Å². The summed E-state index contributed by atoms with van der Waals surface area (Å²) in [6, 6.07) is 0. The van der Waals surface area contributed by atoms with Crippen LogP contribution >= 0.6 is 0 Å². The summed E-state index contributed by atoms with van der Waals surface area (Å²) in [5, 5.41) is 0. The predicted molar refractivity (Wildman–Crippen MR) is 185 cm³/mol. The van der Waals surface area contributed by atoms with Crippen molar-refractivity contribution < 1.29 is 0 Å². The summed E-state index contributed by atoms with van der Waals surface area (Å²) in [6.07, 6.45) is 4.13. The highest BCUT2D eigenvalue weighted by atomic mass is 15.3. The smallest absolute Gasteiger partial charge is 0.0126 e. The Bertz CT molecular complexity index is 621. The van der Waals surface area contributed by atoms with Crippen molar-refractivity contribution in [3.63, 3.8) is 0 Å². The first-order chi connectivity index (χ1) is 18.1. The quantitative estimate of drug-likeness (QED) is 0.284. The monoisotopic (exact) mass is 579 g/mol. The fourth-order valence-corrected chi connectivity index (χ4v) is 6.54. The average molecular weight is 579 g/mol. The Kier molecular flexibility index (Phi) is 13.6. The molecule has 0 aromatic carbocycles. The molecule has 0 saturated carbocycles. The van der Waals surface area contributed by atoms with Crippen molar-refractivity contribution in [2.45, 2.75) is 166 Å². The molecule has 3 fully saturated rings. The number of likely N-dealkylation sites (tertiary alicyclic amines) is 2. The Morgan fingerprint density at radius 3 is 0.780 bits per heavy atom. The summed E-state index contributed by atoms with van der Waals surface area (Å²) in [7, 11) is 0. The maximum Gasteiger partial charge on any atom is 0.0126 e. The summed E-state index contributed by atoms with van der Waals surface area (Å²) in [5.41, 5.74) is 2.39. The van der Waals surface area contributed by atoms with Crippen molar-refractivity contribution in [3.8, 4) is 0 Å². The number of piperazine rings is 1. The molecule has 41 heavy (non-hydrogen) atoms. The van der Waals surface area contributed by atoms with Crippen LogP contribution in [0.2, 0.25) is 0 Å². The largest absolute Gasteiger partial charge is 0.298 e. The Morgan fingerprint density at radius 1 is 0.317 bits per heavy atom. The molecule has 0 spiro atoms. The van der Waals surface area contributed by atoms with Gasteiger partial charge in [-0.15, -0.1) is 0 Å². The van der Waals surface area contributed by atoms with Crippen molar-refractivity contribution in [1.82, 2.24) is 19.6 Å². The van der Waals surface area contributed by atoms with E-state index in [4.69, 9.17) is 0 Å². The topological polar surface area (TPSA) is 13.0 Å². The third-order valence-electron chi connectivity index (χ3n) is 10.2. The molecule has 4 nitrogen and oxygen atoms in total. The van der Waals surface area contributed by atoms with Crippen LogP contribution in [0.15, 0.2) is 0 Å². The first kappa shape index (κ1) is 38.9. The molecule has 0 amide bonds. The first-order valence-electron chi connectivity index (χ1n) is 17.1. The fourth-order valence-electron chi connectivity index (χ4n) is 6.54. The van der Waals surface area contributed by atoms with E-state index in [1.54, 1.807) is 0 Å². The standard InChI is InChI=1S/C13H27N.C12H26N2.C12H25N/c1-12(2,3)11-7-9-14(10-8-11)13(4,5)6;1-11(2,3)13-7-9-14(10-8-13)12(4,5)6;1-11(2,3)10-7-8-13(9-10)12(4,5)6/h11H,7-10H2,1-6H3;7-10H2,1-6H3;10H,7-9H2,1-6H3. The molecule has 0 bridgehead atoms. The van der Waals surface area contributed by atoms with Gasteiger partial charge in [-0.2, -0.15) is 0 Å². The maximum absolute atomic E-state index is 2.62. The van der Waals surface area contributed by atoms with Crippen molar-refractivity contribution >= 4 is 0 Å². The summed E-state index contributed by atoms with van der Waals surface area (Å²) >= 11 is 0. The van der Waals surface area contributed by atoms with E-state index in [0.29, 0.717) is 33.0 Å². The van der Waals surface area contributed by atoms with E-state index in [-0.39, 0.29) is 0 Å². The van der Waals surface area contributed by atoms with Gasteiger partial charge in [-0.05, 0) is 145 Å². The summed E-state index contributed by atoms with van der Waals surface area (Å²) < 4.78 is 0. The second-order valence-electron chi connectivity index (χ2n) is 19.6. The molecule has 3 saturated heterocycles. The van der Waals surface area contributed by atoms with Crippen LogP contribution in [-0.2, 0) is 0 Å². The Labute approximate surface area is 260 Å². The minimum atomic E-state index is 0.337. The molecule has 0 aromatic rings. The van der Waals surface area contributed by atoms with E-state index in [1.807, 2.05) is 0 Å². The molecular formula is C37H78N4. The van der Waals surface area contributed by atoms with Crippen LogP contribution in [0, 0.1) is 22.7 Å². The van der Waals surface area contributed by atoms with E-state index in [2.05, 4.69) is 144 Å². The maximum atomic E-state index is 2.62. The molecule has 1 atom stereocenters. The Morgan fingerprint density at radius 2 is 0.561 bits per heavy atom. The van der Waals surface area contributed by atoms with Gasteiger partial charge >= 0.3 is 0 Å². The lowest BCUT2D eigenvalue weighted by molar-refractivity contribution is 0.0211. The zero-order valence-electron chi connectivity index (χ0n) is 31.7. The van der Waals surface area contributed by atoms with Crippen molar-refractivity contribution in [2.75, 3.05) is 52.4 Å². The van der Waals surface area contributed by atoms with Gasteiger partial charge in [0.15, 0.2) is 0 Å². The number of hydrogen-bond donors (Lipinski definition) is 0. The summed E-state index contributed by atoms with van der Waals surface area (Å²) in [5.74, 6) is 1.80. The zero-order chi connectivity index (χ0) is 32.2. The van der Waals surface area contributed by atoms with Crippen molar-refractivity contribution in [3.05, 3.63) is 0 Å². The van der Waals surface area contributed by atoms with E-state index < -0.39 is 0 Å².